The summed E-state index contributed by atoms with van der Waals surface area (Å²) in [7, 11) is 0. The molecule has 0 unspecified atom stereocenters. The van der Waals surface area contributed by atoms with Crippen LogP contribution in [0.25, 0.3) is 0 Å². The van der Waals surface area contributed by atoms with Gasteiger partial charge in [-0.1, -0.05) is 48.5 Å². The zero-order valence-corrected chi connectivity index (χ0v) is 14.6. The van der Waals surface area contributed by atoms with Crippen LogP contribution in [0.2, 0.25) is 0 Å². The number of hydrogen-bond acceptors (Lipinski definition) is 3. The van der Waals surface area contributed by atoms with Gasteiger partial charge in [-0.05, 0) is 35.4 Å². The van der Waals surface area contributed by atoms with Crippen molar-refractivity contribution in [3.63, 3.8) is 0 Å². The molecule has 1 aliphatic rings. The predicted molar refractivity (Wildman–Crippen MR) is 104 cm³/mol. The molecule has 27 heavy (non-hydrogen) atoms. The fourth-order valence-electron chi connectivity index (χ4n) is 3.32. The van der Waals surface area contributed by atoms with Gasteiger partial charge < -0.3 is 20.5 Å². The number of para-hydroxylation sites is 1. The molecular formula is C22H20N2O3. The maximum Gasteiger partial charge on any atom is 0.319 e. The van der Waals surface area contributed by atoms with Crippen LogP contribution in [0.15, 0.2) is 78.9 Å². The average molecular weight is 360 g/mol. The van der Waals surface area contributed by atoms with Crippen molar-refractivity contribution in [1.82, 2.24) is 5.32 Å². The summed E-state index contributed by atoms with van der Waals surface area (Å²) < 4.78 is 5.79. The lowest BCUT2D eigenvalue weighted by atomic mass is 10.1. The van der Waals surface area contributed by atoms with E-state index in [1.54, 1.807) is 12.1 Å². The number of urea groups is 1. The summed E-state index contributed by atoms with van der Waals surface area (Å²) in [6, 6.07) is 23.6. The van der Waals surface area contributed by atoms with Gasteiger partial charge >= 0.3 is 6.03 Å². The van der Waals surface area contributed by atoms with E-state index in [9.17, 15) is 9.90 Å². The molecule has 0 fully saturated rings. The van der Waals surface area contributed by atoms with Crippen molar-refractivity contribution in [1.29, 1.82) is 0 Å². The molecule has 0 saturated carbocycles. The summed E-state index contributed by atoms with van der Waals surface area (Å²) in [6.07, 6.45) is -0.0810. The Kier molecular flexibility index (Phi) is 4.77. The highest BCUT2D eigenvalue weighted by molar-refractivity contribution is 5.89. The molecule has 2 atom stereocenters. The van der Waals surface area contributed by atoms with Gasteiger partial charge in [-0.3, -0.25) is 0 Å². The predicted octanol–water partition coefficient (Wildman–Crippen LogP) is 4.26. The van der Waals surface area contributed by atoms with Crippen LogP contribution in [0.1, 0.15) is 17.2 Å². The molecule has 0 bridgehead atoms. The molecular weight excluding hydrogens is 340 g/mol. The highest BCUT2D eigenvalue weighted by Crippen LogP contribution is 2.31. The molecule has 4 rings (SSSR count). The van der Waals surface area contributed by atoms with Gasteiger partial charge in [-0.15, -0.1) is 0 Å². The minimum absolute atomic E-state index is 0.368. The normalized spacial score (nSPS) is 17.8. The van der Waals surface area contributed by atoms with Crippen molar-refractivity contribution in [2.45, 2.75) is 18.6 Å². The Labute approximate surface area is 157 Å². The Morgan fingerprint density at radius 2 is 1.67 bits per heavy atom. The monoisotopic (exact) mass is 360 g/mol. The van der Waals surface area contributed by atoms with E-state index in [2.05, 4.69) is 10.6 Å². The number of rotatable bonds is 4. The van der Waals surface area contributed by atoms with Crippen molar-refractivity contribution < 1.29 is 14.6 Å². The first-order chi connectivity index (χ1) is 13.2. The van der Waals surface area contributed by atoms with Gasteiger partial charge in [-0.25, -0.2) is 4.79 Å². The second kappa shape index (κ2) is 7.51. The van der Waals surface area contributed by atoms with Gasteiger partial charge in [-0.2, -0.15) is 0 Å². The number of nitrogens with one attached hydrogen (secondary N) is 2. The molecule has 1 aliphatic carbocycles. The smallest absolute Gasteiger partial charge is 0.319 e. The molecule has 5 heteroatoms. The van der Waals surface area contributed by atoms with Crippen LogP contribution in [-0.2, 0) is 6.42 Å². The molecule has 0 saturated heterocycles. The SMILES string of the molecule is O=C(Nc1cccc(Oc2ccccc2)c1)N[C@@H]1c2ccccc2C[C@@H]1O. The summed E-state index contributed by atoms with van der Waals surface area (Å²) >= 11 is 0. The molecule has 3 aromatic carbocycles. The van der Waals surface area contributed by atoms with Gasteiger partial charge in [0, 0.05) is 18.2 Å². The highest BCUT2D eigenvalue weighted by atomic mass is 16.5. The second-order valence-corrected chi connectivity index (χ2v) is 6.49. The number of benzene rings is 3. The van der Waals surface area contributed by atoms with E-state index < -0.39 is 12.1 Å². The fourth-order valence-corrected chi connectivity index (χ4v) is 3.32. The number of carbonyl (C=O) groups excluding carboxylic acids is 1. The minimum atomic E-state index is -0.624. The highest BCUT2D eigenvalue weighted by Gasteiger charge is 2.31. The van der Waals surface area contributed by atoms with Crippen LogP contribution < -0.4 is 15.4 Å². The number of hydrogen-bond donors (Lipinski definition) is 3. The third-order valence-electron chi connectivity index (χ3n) is 4.56. The van der Waals surface area contributed by atoms with E-state index in [4.69, 9.17) is 4.74 Å². The van der Waals surface area contributed by atoms with Crippen molar-refractivity contribution in [2.24, 2.45) is 0 Å². The van der Waals surface area contributed by atoms with Gasteiger partial charge in [0.2, 0.25) is 0 Å². The molecule has 0 radical (unpaired) electrons. The Hall–Kier alpha value is -3.31. The summed E-state index contributed by atoms with van der Waals surface area (Å²) in [5.74, 6) is 1.36. The third kappa shape index (κ3) is 3.93. The Morgan fingerprint density at radius 1 is 0.926 bits per heavy atom. The maximum atomic E-state index is 12.4. The summed E-state index contributed by atoms with van der Waals surface area (Å²) in [4.78, 5) is 12.4. The van der Waals surface area contributed by atoms with Crippen molar-refractivity contribution in [3.8, 4) is 11.5 Å². The fraction of sp³-hybridized carbons (Fsp3) is 0.136. The first kappa shape index (κ1) is 17.1. The molecule has 0 spiro atoms. The summed E-state index contributed by atoms with van der Waals surface area (Å²) in [6.45, 7) is 0. The zero-order chi connectivity index (χ0) is 18.6. The number of amides is 2. The zero-order valence-electron chi connectivity index (χ0n) is 14.6. The summed E-state index contributed by atoms with van der Waals surface area (Å²) in [5.41, 5.74) is 2.64. The van der Waals surface area contributed by atoms with Crippen LogP contribution >= 0.6 is 0 Å². The minimum Gasteiger partial charge on any atom is -0.457 e. The van der Waals surface area contributed by atoms with Gasteiger partial charge in [0.15, 0.2) is 0 Å². The number of fused-ring (bicyclic) bond motifs is 1. The van der Waals surface area contributed by atoms with Crippen LogP contribution in [-0.4, -0.2) is 17.2 Å². The van der Waals surface area contributed by atoms with Crippen LogP contribution in [0, 0.1) is 0 Å². The van der Waals surface area contributed by atoms with Crippen molar-refractivity contribution >= 4 is 11.7 Å². The number of carbonyl (C=O) groups is 1. The number of ether oxygens (including phenoxy) is 1. The van der Waals surface area contributed by atoms with Gasteiger partial charge in [0.05, 0.1) is 12.1 Å². The molecule has 3 aromatic rings. The number of aliphatic hydroxyl groups excluding tert-OH is 1. The molecule has 3 N–H and O–H groups in total. The van der Waals surface area contributed by atoms with Crippen molar-refractivity contribution in [3.05, 3.63) is 90.0 Å². The largest absolute Gasteiger partial charge is 0.457 e. The lowest BCUT2D eigenvalue weighted by Crippen LogP contribution is -2.36. The van der Waals surface area contributed by atoms with Gasteiger partial charge in [0.1, 0.15) is 11.5 Å². The Morgan fingerprint density at radius 3 is 2.52 bits per heavy atom. The lowest BCUT2D eigenvalue weighted by Gasteiger charge is -2.18. The number of aliphatic hydroxyl groups is 1. The number of anilines is 1. The molecule has 2 amide bonds. The average Bonchev–Trinajstić information content (AvgIpc) is 2.98. The first-order valence-corrected chi connectivity index (χ1v) is 8.85. The van der Waals surface area contributed by atoms with Crippen LogP contribution in [0.4, 0.5) is 10.5 Å². The van der Waals surface area contributed by atoms with E-state index >= 15 is 0 Å². The molecule has 5 nitrogen and oxygen atoms in total. The first-order valence-electron chi connectivity index (χ1n) is 8.85. The molecule has 0 heterocycles. The lowest BCUT2D eigenvalue weighted by molar-refractivity contribution is 0.144. The summed E-state index contributed by atoms with van der Waals surface area (Å²) in [5, 5.41) is 15.9. The van der Waals surface area contributed by atoms with Crippen LogP contribution in [0.5, 0.6) is 11.5 Å². The maximum absolute atomic E-state index is 12.4. The van der Waals surface area contributed by atoms with E-state index in [1.165, 1.54) is 0 Å². The van der Waals surface area contributed by atoms with Gasteiger partial charge in [0.25, 0.3) is 0 Å². The topological polar surface area (TPSA) is 70.6 Å². The molecule has 0 aromatic heterocycles. The Balaban J connectivity index is 1.42. The second-order valence-electron chi connectivity index (χ2n) is 6.49. The van der Waals surface area contributed by atoms with Crippen molar-refractivity contribution in [2.75, 3.05) is 5.32 Å². The third-order valence-corrected chi connectivity index (χ3v) is 4.56. The van der Waals surface area contributed by atoms with E-state index in [1.807, 2.05) is 66.7 Å². The quantitative estimate of drug-likeness (QED) is 0.651. The van der Waals surface area contributed by atoms with E-state index in [-0.39, 0.29) is 6.03 Å². The standard InChI is InChI=1S/C22H20N2O3/c25-20-13-15-7-4-5-12-19(15)21(20)24-22(26)23-16-8-6-11-18(14-16)27-17-9-2-1-3-10-17/h1-12,14,20-21,25H,13H2,(H2,23,24,26)/t20-,21+/m0/s1. The molecule has 0 aliphatic heterocycles. The molecule has 136 valence electrons. The van der Waals surface area contributed by atoms with Crippen LogP contribution in [0.3, 0.4) is 0 Å². The Bertz CT molecular complexity index is 943. The van der Waals surface area contributed by atoms with E-state index in [0.29, 0.717) is 17.9 Å². The van der Waals surface area contributed by atoms with E-state index in [0.717, 1.165) is 16.9 Å².